The number of rotatable bonds is 6. The van der Waals surface area contributed by atoms with E-state index in [-0.39, 0.29) is 24.5 Å². The van der Waals surface area contributed by atoms with E-state index in [0.717, 1.165) is 6.54 Å². The maximum atomic E-state index is 12.1. The van der Waals surface area contributed by atoms with Crippen LogP contribution in [0.2, 0.25) is 0 Å². The summed E-state index contributed by atoms with van der Waals surface area (Å²) in [4.78, 5) is 13.8. The van der Waals surface area contributed by atoms with Gasteiger partial charge in [0.1, 0.15) is 0 Å². The molecule has 1 aliphatic heterocycles. The Kier molecular flexibility index (Phi) is 5.73. The fourth-order valence-corrected chi connectivity index (χ4v) is 2.04. The van der Waals surface area contributed by atoms with Crippen molar-refractivity contribution in [3.8, 4) is 0 Å². The molecule has 0 aromatic carbocycles. The van der Waals surface area contributed by atoms with Gasteiger partial charge in [-0.3, -0.25) is 4.79 Å². The van der Waals surface area contributed by atoms with Gasteiger partial charge in [0.25, 0.3) is 0 Å². The van der Waals surface area contributed by atoms with E-state index in [1.165, 1.54) is 0 Å². The molecule has 1 rings (SSSR count). The van der Waals surface area contributed by atoms with Gasteiger partial charge in [0.05, 0.1) is 25.7 Å². The van der Waals surface area contributed by atoms with Crippen molar-refractivity contribution in [3.05, 3.63) is 0 Å². The highest BCUT2D eigenvalue weighted by molar-refractivity contribution is 5.80. The fraction of sp³-hybridized carbons (Fsp3) is 0.909. The van der Waals surface area contributed by atoms with Crippen molar-refractivity contribution < 1.29 is 14.6 Å². The van der Waals surface area contributed by atoms with Crippen molar-refractivity contribution in [2.24, 2.45) is 5.92 Å². The lowest BCUT2D eigenvalue weighted by Gasteiger charge is -2.26. The van der Waals surface area contributed by atoms with E-state index in [1.54, 1.807) is 4.90 Å². The molecule has 16 heavy (non-hydrogen) atoms. The molecule has 0 aliphatic carbocycles. The number of hydrogen-bond donors (Lipinski definition) is 2. The zero-order valence-corrected chi connectivity index (χ0v) is 10.1. The number of nitrogens with zero attached hydrogens (tertiary/aromatic N) is 1. The molecule has 1 amide bonds. The van der Waals surface area contributed by atoms with E-state index < -0.39 is 0 Å². The van der Waals surface area contributed by atoms with Gasteiger partial charge in [-0.25, -0.2) is 0 Å². The minimum absolute atomic E-state index is 0.0129. The van der Waals surface area contributed by atoms with Crippen LogP contribution in [0.15, 0.2) is 0 Å². The fourth-order valence-electron chi connectivity index (χ4n) is 2.04. The molecule has 0 bridgehead atoms. The second-order valence-electron chi connectivity index (χ2n) is 3.95. The first-order valence-corrected chi connectivity index (χ1v) is 5.95. The van der Waals surface area contributed by atoms with Crippen molar-refractivity contribution in [2.45, 2.75) is 19.9 Å². The van der Waals surface area contributed by atoms with E-state index in [0.29, 0.717) is 26.3 Å². The Morgan fingerprint density at radius 2 is 2.25 bits per heavy atom. The summed E-state index contributed by atoms with van der Waals surface area (Å²) in [5.41, 5.74) is 0. The number of nitrogens with one attached hydrogen (secondary N) is 1. The SMILES string of the molecule is CCNC1COCC1C(=O)N(CC)CCO. The van der Waals surface area contributed by atoms with Gasteiger partial charge in [0.15, 0.2) is 0 Å². The summed E-state index contributed by atoms with van der Waals surface area (Å²) in [5, 5.41) is 12.1. The highest BCUT2D eigenvalue weighted by Crippen LogP contribution is 2.16. The van der Waals surface area contributed by atoms with E-state index in [1.807, 2.05) is 13.8 Å². The molecule has 2 atom stereocenters. The Morgan fingerprint density at radius 3 is 2.81 bits per heavy atom. The molecule has 1 fully saturated rings. The number of amides is 1. The molecule has 0 radical (unpaired) electrons. The van der Waals surface area contributed by atoms with Gasteiger partial charge in [0, 0.05) is 19.1 Å². The van der Waals surface area contributed by atoms with Crippen LogP contribution in [0.4, 0.5) is 0 Å². The highest BCUT2D eigenvalue weighted by Gasteiger charge is 2.35. The summed E-state index contributed by atoms with van der Waals surface area (Å²) in [6, 6.07) is 0.116. The summed E-state index contributed by atoms with van der Waals surface area (Å²) in [6.45, 7) is 6.92. The Balaban J connectivity index is 2.56. The molecule has 1 heterocycles. The molecule has 0 aromatic rings. The molecule has 5 nitrogen and oxygen atoms in total. The van der Waals surface area contributed by atoms with E-state index in [2.05, 4.69) is 5.32 Å². The number of carbonyl (C=O) groups excluding carboxylic acids is 1. The quantitative estimate of drug-likeness (QED) is 0.643. The average Bonchev–Trinajstić information content (AvgIpc) is 2.73. The second-order valence-corrected chi connectivity index (χ2v) is 3.95. The largest absolute Gasteiger partial charge is 0.395 e. The molecule has 1 aliphatic rings. The first kappa shape index (κ1) is 13.4. The van der Waals surface area contributed by atoms with Crippen molar-refractivity contribution in [1.29, 1.82) is 0 Å². The summed E-state index contributed by atoms with van der Waals surface area (Å²) in [6.07, 6.45) is 0. The summed E-state index contributed by atoms with van der Waals surface area (Å²) in [5.74, 6) is -0.0218. The van der Waals surface area contributed by atoms with Crippen molar-refractivity contribution >= 4 is 5.91 Å². The predicted molar refractivity (Wildman–Crippen MR) is 61.1 cm³/mol. The lowest BCUT2D eigenvalue weighted by molar-refractivity contribution is -0.136. The highest BCUT2D eigenvalue weighted by atomic mass is 16.5. The number of aliphatic hydroxyl groups is 1. The smallest absolute Gasteiger partial charge is 0.229 e. The standard InChI is InChI=1S/C11H22N2O3/c1-3-12-10-8-16-7-9(10)11(15)13(4-2)5-6-14/h9-10,12,14H,3-8H2,1-2H3. The van der Waals surface area contributed by atoms with Gasteiger partial charge < -0.3 is 20.1 Å². The van der Waals surface area contributed by atoms with Crippen LogP contribution in [0.25, 0.3) is 0 Å². The van der Waals surface area contributed by atoms with Crippen LogP contribution >= 0.6 is 0 Å². The third-order valence-corrected chi connectivity index (χ3v) is 2.93. The molecule has 94 valence electrons. The number of likely N-dealkylation sites (N-methyl/N-ethyl adjacent to an activating group) is 2. The Morgan fingerprint density at radius 1 is 1.50 bits per heavy atom. The summed E-state index contributed by atoms with van der Waals surface area (Å²) >= 11 is 0. The van der Waals surface area contributed by atoms with Crippen LogP contribution < -0.4 is 5.32 Å². The first-order chi connectivity index (χ1) is 7.74. The van der Waals surface area contributed by atoms with Crippen LogP contribution in [0, 0.1) is 5.92 Å². The van der Waals surface area contributed by atoms with E-state index in [9.17, 15) is 4.79 Å². The van der Waals surface area contributed by atoms with Crippen LogP contribution in [0.1, 0.15) is 13.8 Å². The van der Waals surface area contributed by atoms with Gasteiger partial charge in [0.2, 0.25) is 5.91 Å². The molecule has 5 heteroatoms. The zero-order valence-electron chi connectivity index (χ0n) is 10.1. The Hall–Kier alpha value is -0.650. The maximum Gasteiger partial charge on any atom is 0.229 e. The Labute approximate surface area is 96.8 Å². The number of aliphatic hydroxyl groups excluding tert-OH is 1. The Bertz CT molecular complexity index is 223. The summed E-state index contributed by atoms with van der Waals surface area (Å²) < 4.78 is 5.34. The van der Waals surface area contributed by atoms with Crippen LogP contribution in [0.5, 0.6) is 0 Å². The third kappa shape index (κ3) is 3.17. The second kappa shape index (κ2) is 6.83. The van der Waals surface area contributed by atoms with Gasteiger partial charge in [-0.2, -0.15) is 0 Å². The molecular formula is C11H22N2O3. The maximum absolute atomic E-state index is 12.1. The molecule has 0 spiro atoms. The van der Waals surface area contributed by atoms with Crippen LogP contribution in [-0.2, 0) is 9.53 Å². The molecule has 2 unspecified atom stereocenters. The molecule has 1 saturated heterocycles. The lowest BCUT2D eigenvalue weighted by atomic mass is 10.0. The summed E-state index contributed by atoms with van der Waals surface area (Å²) in [7, 11) is 0. The average molecular weight is 230 g/mol. The van der Waals surface area contributed by atoms with Gasteiger partial charge in [-0.15, -0.1) is 0 Å². The van der Waals surface area contributed by atoms with Crippen molar-refractivity contribution in [2.75, 3.05) is 39.5 Å². The number of ether oxygens (including phenoxy) is 1. The van der Waals surface area contributed by atoms with Gasteiger partial charge >= 0.3 is 0 Å². The van der Waals surface area contributed by atoms with Crippen molar-refractivity contribution in [1.82, 2.24) is 10.2 Å². The monoisotopic (exact) mass is 230 g/mol. The molecule has 0 aromatic heterocycles. The topological polar surface area (TPSA) is 61.8 Å². The lowest BCUT2D eigenvalue weighted by Crippen LogP contribution is -2.46. The minimum Gasteiger partial charge on any atom is -0.395 e. The third-order valence-electron chi connectivity index (χ3n) is 2.93. The molecule has 2 N–H and O–H groups in total. The molecular weight excluding hydrogens is 208 g/mol. The van der Waals surface area contributed by atoms with Crippen LogP contribution in [0.3, 0.4) is 0 Å². The zero-order chi connectivity index (χ0) is 12.0. The van der Waals surface area contributed by atoms with E-state index >= 15 is 0 Å². The number of hydrogen-bond acceptors (Lipinski definition) is 4. The first-order valence-electron chi connectivity index (χ1n) is 5.95. The normalized spacial score (nSPS) is 24.7. The van der Waals surface area contributed by atoms with Gasteiger partial charge in [-0.05, 0) is 13.5 Å². The van der Waals surface area contributed by atoms with E-state index in [4.69, 9.17) is 9.84 Å². The van der Waals surface area contributed by atoms with Crippen LogP contribution in [-0.4, -0.2) is 61.4 Å². The predicted octanol–water partition coefficient (Wildman–Crippen LogP) is -0.548. The minimum atomic E-state index is -0.105. The number of carbonyl (C=O) groups is 1. The van der Waals surface area contributed by atoms with Gasteiger partial charge in [-0.1, -0.05) is 6.92 Å². The van der Waals surface area contributed by atoms with Crippen molar-refractivity contribution in [3.63, 3.8) is 0 Å². The molecule has 0 saturated carbocycles.